The fourth-order valence-corrected chi connectivity index (χ4v) is 5.34. The highest BCUT2D eigenvalue weighted by molar-refractivity contribution is 7.89. The van der Waals surface area contributed by atoms with Gasteiger partial charge >= 0.3 is 0 Å². The van der Waals surface area contributed by atoms with Gasteiger partial charge in [0.05, 0.1) is 10.5 Å². The zero-order valence-electron chi connectivity index (χ0n) is 18.3. The van der Waals surface area contributed by atoms with E-state index in [0.717, 1.165) is 42.9 Å². The Bertz CT molecular complexity index is 993. The Balaban J connectivity index is 2.07. The van der Waals surface area contributed by atoms with Crippen molar-refractivity contribution in [2.45, 2.75) is 38.5 Å². The number of carbonyl (C=O) groups is 1. The monoisotopic (exact) mass is 429 g/mol. The Hall–Kier alpha value is -2.38. The molecule has 0 N–H and O–H groups in total. The van der Waals surface area contributed by atoms with E-state index < -0.39 is 10.0 Å². The van der Waals surface area contributed by atoms with Gasteiger partial charge in [0.15, 0.2) is 0 Å². The van der Waals surface area contributed by atoms with Crippen LogP contribution in [0.5, 0.6) is 0 Å². The Labute approximate surface area is 180 Å². The third-order valence-electron chi connectivity index (χ3n) is 5.71. The van der Waals surface area contributed by atoms with Gasteiger partial charge in [-0.2, -0.15) is 4.31 Å². The summed E-state index contributed by atoms with van der Waals surface area (Å²) in [6, 6.07) is 12.7. The first-order valence-electron chi connectivity index (χ1n) is 10.5. The standard InChI is InChI=1S/C23H31N3O3S/c1-5-26(6-2)30(28,29)20-13-14-22(25-15-7-8-16-25)21(17-20)23(27)24(4)19-11-9-18(3)10-12-19/h9-14,17H,5-8,15-16H2,1-4H3. The third-order valence-corrected chi connectivity index (χ3v) is 7.76. The molecule has 1 aliphatic rings. The first-order chi connectivity index (χ1) is 14.3. The van der Waals surface area contributed by atoms with Crippen molar-refractivity contribution in [1.29, 1.82) is 0 Å². The van der Waals surface area contributed by atoms with E-state index in [9.17, 15) is 13.2 Å². The van der Waals surface area contributed by atoms with Crippen molar-refractivity contribution >= 4 is 27.3 Å². The van der Waals surface area contributed by atoms with Gasteiger partial charge in [-0.1, -0.05) is 31.5 Å². The van der Waals surface area contributed by atoms with Crippen LogP contribution in [0.2, 0.25) is 0 Å². The highest BCUT2D eigenvalue weighted by Crippen LogP contribution is 2.30. The molecule has 2 aromatic rings. The second-order valence-corrected chi connectivity index (χ2v) is 9.60. The maximum Gasteiger partial charge on any atom is 0.260 e. The van der Waals surface area contributed by atoms with Crippen molar-refractivity contribution in [2.75, 3.05) is 43.0 Å². The van der Waals surface area contributed by atoms with Crippen molar-refractivity contribution in [3.63, 3.8) is 0 Å². The minimum Gasteiger partial charge on any atom is -0.371 e. The van der Waals surface area contributed by atoms with Crippen LogP contribution in [0.15, 0.2) is 47.4 Å². The van der Waals surface area contributed by atoms with E-state index in [1.807, 2.05) is 45.0 Å². The Kier molecular flexibility index (Phi) is 6.83. The predicted molar refractivity (Wildman–Crippen MR) is 122 cm³/mol. The highest BCUT2D eigenvalue weighted by atomic mass is 32.2. The number of hydrogen-bond acceptors (Lipinski definition) is 4. The maximum atomic E-state index is 13.5. The van der Waals surface area contributed by atoms with E-state index in [1.165, 1.54) is 4.31 Å². The summed E-state index contributed by atoms with van der Waals surface area (Å²) >= 11 is 0. The van der Waals surface area contributed by atoms with Crippen LogP contribution in [0, 0.1) is 6.92 Å². The summed E-state index contributed by atoms with van der Waals surface area (Å²) in [4.78, 5) is 17.4. The Morgan fingerprint density at radius 1 is 1.00 bits per heavy atom. The molecule has 6 nitrogen and oxygen atoms in total. The number of rotatable bonds is 7. The second kappa shape index (κ2) is 9.18. The normalized spacial score (nSPS) is 14.4. The molecule has 0 aliphatic carbocycles. The molecule has 0 atom stereocenters. The topological polar surface area (TPSA) is 60.9 Å². The molecule has 1 fully saturated rings. The van der Waals surface area contributed by atoms with E-state index in [4.69, 9.17) is 0 Å². The molecule has 2 aromatic carbocycles. The van der Waals surface area contributed by atoms with Crippen LogP contribution in [0.3, 0.4) is 0 Å². The molecule has 3 rings (SSSR count). The number of hydrogen-bond donors (Lipinski definition) is 0. The van der Waals surface area contributed by atoms with Crippen LogP contribution in [-0.4, -0.2) is 51.9 Å². The lowest BCUT2D eigenvalue weighted by molar-refractivity contribution is 0.0993. The average molecular weight is 430 g/mol. The van der Waals surface area contributed by atoms with E-state index in [1.54, 1.807) is 30.1 Å². The molecule has 7 heteroatoms. The third kappa shape index (κ3) is 4.37. The van der Waals surface area contributed by atoms with Crippen molar-refractivity contribution < 1.29 is 13.2 Å². The number of benzene rings is 2. The molecule has 1 aliphatic heterocycles. The van der Waals surface area contributed by atoms with Crippen LogP contribution < -0.4 is 9.80 Å². The maximum absolute atomic E-state index is 13.5. The van der Waals surface area contributed by atoms with Crippen LogP contribution in [0.25, 0.3) is 0 Å². The molecular weight excluding hydrogens is 398 g/mol. The fraction of sp³-hybridized carbons (Fsp3) is 0.435. The van der Waals surface area contributed by atoms with Gasteiger partial charge in [-0.25, -0.2) is 8.42 Å². The fourth-order valence-electron chi connectivity index (χ4n) is 3.86. The summed E-state index contributed by atoms with van der Waals surface area (Å²) < 4.78 is 27.5. The van der Waals surface area contributed by atoms with Gasteiger partial charge in [-0.05, 0) is 50.1 Å². The molecule has 0 bridgehead atoms. The molecule has 1 heterocycles. The van der Waals surface area contributed by atoms with Crippen molar-refractivity contribution in [3.8, 4) is 0 Å². The number of anilines is 2. The van der Waals surface area contributed by atoms with Gasteiger partial charge in [-0.3, -0.25) is 4.79 Å². The molecule has 162 valence electrons. The van der Waals surface area contributed by atoms with Gasteiger partial charge in [0.25, 0.3) is 5.91 Å². The van der Waals surface area contributed by atoms with Crippen molar-refractivity contribution in [1.82, 2.24) is 4.31 Å². The summed E-state index contributed by atoms with van der Waals surface area (Å²) in [5.74, 6) is -0.211. The van der Waals surface area contributed by atoms with Gasteiger partial charge < -0.3 is 9.80 Å². The van der Waals surface area contributed by atoms with Crippen LogP contribution in [0.4, 0.5) is 11.4 Å². The average Bonchev–Trinajstić information content (AvgIpc) is 3.28. The largest absolute Gasteiger partial charge is 0.371 e. The predicted octanol–water partition coefficient (Wildman–Crippen LogP) is 3.90. The van der Waals surface area contributed by atoms with Crippen molar-refractivity contribution in [3.05, 3.63) is 53.6 Å². The summed E-state index contributed by atoms with van der Waals surface area (Å²) in [6.07, 6.45) is 2.14. The minimum absolute atomic E-state index is 0.162. The number of nitrogens with zero attached hydrogens (tertiary/aromatic N) is 3. The van der Waals surface area contributed by atoms with Crippen LogP contribution in [-0.2, 0) is 10.0 Å². The zero-order valence-corrected chi connectivity index (χ0v) is 19.1. The number of amides is 1. The van der Waals surface area contributed by atoms with Gasteiger partial charge in [0.1, 0.15) is 0 Å². The van der Waals surface area contributed by atoms with Crippen LogP contribution >= 0.6 is 0 Å². The van der Waals surface area contributed by atoms with E-state index in [2.05, 4.69) is 4.90 Å². The molecule has 0 aromatic heterocycles. The van der Waals surface area contributed by atoms with Gasteiger partial charge in [0.2, 0.25) is 10.0 Å². The van der Waals surface area contributed by atoms with Crippen molar-refractivity contribution in [2.24, 2.45) is 0 Å². The summed E-state index contributed by atoms with van der Waals surface area (Å²) in [5.41, 5.74) is 3.11. The lowest BCUT2D eigenvalue weighted by Crippen LogP contribution is -2.32. The Morgan fingerprint density at radius 3 is 2.17 bits per heavy atom. The molecule has 30 heavy (non-hydrogen) atoms. The second-order valence-electron chi connectivity index (χ2n) is 7.66. The lowest BCUT2D eigenvalue weighted by Gasteiger charge is -2.26. The number of carbonyl (C=O) groups excluding carboxylic acids is 1. The molecule has 0 spiro atoms. The van der Waals surface area contributed by atoms with E-state index in [-0.39, 0.29) is 10.8 Å². The highest BCUT2D eigenvalue weighted by Gasteiger charge is 2.27. The lowest BCUT2D eigenvalue weighted by atomic mass is 10.1. The molecular formula is C23H31N3O3S. The molecule has 0 radical (unpaired) electrons. The van der Waals surface area contributed by atoms with Gasteiger partial charge in [0, 0.05) is 44.6 Å². The zero-order chi connectivity index (χ0) is 21.9. The summed E-state index contributed by atoms with van der Waals surface area (Å²) in [5, 5.41) is 0. The first kappa shape index (κ1) is 22.3. The molecule has 0 unspecified atom stereocenters. The first-order valence-corrected chi connectivity index (χ1v) is 12.0. The number of aryl methyl sites for hydroxylation is 1. The van der Waals surface area contributed by atoms with E-state index in [0.29, 0.717) is 18.7 Å². The molecule has 1 amide bonds. The van der Waals surface area contributed by atoms with Gasteiger partial charge in [-0.15, -0.1) is 0 Å². The summed E-state index contributed by atoms with van der Waals surface area (Å²) in [6.45, 7) is 8.15. The molecule has 1 saturated heterocycles. The number of sulfonamides is 1. The SMILES string of the molecule is CCN(CC)S(=O)(=O)c1ccc(N2CCCC2)c(C(=O)N(C)c2ccc(C)cc2)c1. The Morgan fingerprint density at radius 2 is 1.60 bits per heavy atom. The summed E-state index contributed by atoms with van der Waals surface area (Å²) in [7, 11) is -1.92. The molecule has 0 saturated carbocycles. The van der Waals surface area contributed by atoms with E-state index >= 15 is 0 Å². The van der Waals surface area contributed by atoms with Crippen LogP contribution in [0.1, 0.15) is 42.6 Å². The quantitative estimate of drug-likeness (QED) is 0.670. The smallest absolute Gasteiger partial charge is 0.260 e. The minimum atomic E-state index is -3.65.